The van der Waals surface area contributed by atoms with Crippen molar-refractivity contribution in [3.8, 4) is 16.9 Å². The lowest BCUT2D eigenvalue weighted by molar-refractivity contribution is -0.139. The average molecular weight is 284 g/mol. The number of carbonyl (C=O) groups is 1. The van der Waals surface area contributed by atoms with Crippen molar-refractivity contribution >= 4 is 5.97 Å². The van der Waals surface area contributed by atoms with Gasteiger partial charge in [0.1, 0.15) is 5.75 Å². The molecular formula is C18H20O3. The van der Waals surface area contributed by atoms with Crippen molar-refractivity contribution in [1.82, 2.24) is 0 Å². The fourth-order valence-electron chi connectivity index (χ4n) is 2.19. The normalized spacial score (nSPS) is 10.7. The summed E-state index contributed by atoms with van der Waals surface area (Å²) in [4.78, 5) is 11.2. The smallest absolute Gasteiger partial charge is 0.309 e. The van der Waals surface area contributed by atoms with Crippen LogP contribution in [0, 0.1) is 0 Å². The summed E-state index contributed by atoms with van der Waals surface area (Å²) in [5.41, 5.74) is 3.72. The molecule has 0 amide bonds. The maximum absolute atomic E-state index is 11.2. The third-order valence-electron chi connectivity index (χ3n) is 3.53. The summed E-state index contributed by atoms with van der Waals surface area (Å²) in [5, 5.41) is 10.2. The summed E-state index contributed by atoms with van der Waals surface area (Å²) in [6.07, 6.45) is 0.259. The molecule has 0 aliphatic carbocycles. The van der Waals surface area contributed by atoms with Crippen LogP contribution in [0.4, 0.5) is 0 Å². The molecule has 2 aromatic carbocycles. The van der Waals surface area contributed by atoms with E-state index in [1.54, 1.807) is 0 Å². The molecule has 0 aliphatic heterocycles. The Hall–Kier alpha value is -2.29. The monoisotopic (exact) mass is 284 g/mol. The number of carbonyl (C=O) groups excluding carboxylic acids is 1. The number of esters is 1. The number of ether oxygens (including phenoxy) is 1. The number of aromatic hydroxyl groups is 1. The Morgan fingerprint density at radius 2 is 1.81 bits per heavy atom. The molecule has 110 valence electrons. The van der Waals surface area contributed by atoms with Gasteiger partial charge in [-0.25, -0.2) is 0 Å². The topological polar surface area (TPSA) is 46.5 Å². The summed E-state index contributed by atoms with van der Waals surface area (Å²) in [6, 6.07) is 13.3. The lowest BCUT2D eigenvalue weighted by Crippen LogP contribution is -2.04. The largest absolute Gasteiger partial charge is 0.507 e. The Morgan fingerprint density at radius 1 is 1.14 bits per heavy atom. The molecule has 3 nitrogen and oxygen atoms in total. The molecule has 0 radical (unpaired) electrons. The second kappa shape index (κ2) is 6.44. The van der Waals surface area contributed by atoms with Crippen molar-refractivity contribution in [3.05, 3.63) is 53.6 Å². The zero-order valence-electron chi connectivity index (χ0n) is 12.6. The van der Waals surface area contributed by atoms with E-state index in [2.05, 4.69) is 18.6 Å². The Labute approximate surface area is 125 Å². The molecular weight excluding hydrogens is 264 g/mol. The first kappa shape index (κ1) is 15.1. The Bertz CT molecular complexity index is 627. The van der Waals surface area contributed by atoms with Crippen molar-refractivity contribution in [1.29, 1.82) is 0 Å². The fourth-order valence-corrected chi connectivity index (χ4v) is 2.19. The Kier molecular flexibility index (Phi) is 4.63. The van der Waals surface area contributed by atoms with E-state index in [9.17, 15) is 9.90 Å². The van der Waals surface area contributed by atoms with Crippen molar-refractivity contribution in [3.63, 3.8) is 0 Å². The number of benzene rings is 2. The van der Waals surface area contributed by atoms with Gasteiger partial charge in [0.05, 0.1) is 13.5 Å². The highest BCUT2D eigenvalue weighted by atomic mass is 16.5. The average Bonchev–Trinajstić information content (AvgIpc) is 2.48. The molecule has 0 heterocycles. The summed E-state index contributed by atoms with van der Waals surface area (Å²) in [6.45, 7) is 4.19. The molecule has 0 spiro atoms. The Morgan fingerprint density at radius 3 is 2.33 bits per heavy atom. The first-order valence-electron chi connectivity index (χ1n) is 7.00. The highest BCUT2D eigenvalue weighted by Crippen LogP contribution is 2.32. The zero-order valence-corrected chi connectivity index (χ0v) is 12.6. The molecule has 0 atom stereocenters. The van der Waals surface area contributed by atoms with Crippen molar-refractivity contribution in [2.75, 3.05) is 7.11 Å². The quantitative estimate of drug-likeness (QED) is 0.866. The standard InChI is InChI=1S/C18H20O3/c1-12(2)15-8-9-16(17(19)11-15)14-6-4-13(5-7-14)10-18(20)21-3/h4-9,11-12,19H,10H2,1-3H3. The number of phenols is 1. The van der Waals surface area contributed by atoms with Crippen LogP contribution in [0.1, 0.15) is 30.9 Å². The third-order valence-corrected chi connectivity index (χ3v) is 3.53. The van der Waals surface area contributed by atoms with E-state index in [4.69, 9.17) is 0 Å². The van der Waals surface area contributed by atoms with Gasteiger partial charge in [-0.1, -0.05) is 50.2 Å². The van der Waals surface area contributed by atoms with Crippen LogP contribution in [0.3, 0.4) is 0 Å². The Balaban J connectivity index is 2.24. The predicted molar refractivity (Wildman–Crippen MR) is 83.4 cm³/mol. The van der Waals surface area contributed by atoms with Crippen LogP contribution in [-0.4, -0.2) is 18.2 Å². The first-order valence-corrected chi connectivity index (χ1v) is 7.00. The molecule has 0 aliphatic rings. The molecule has 1 N–H and O–H groups in total. The molecule has 0 saturated heterocycles. The molecule has 0 fully saturated rings. The van der Waals surface area contributed by atoms with Gasteiger partial charge in [0.25, 0.3) is 0 Å². The SMILES string of the molecule is COC(=O)Cc1ccc(-c2ccc(C(C)C)cc2O)cc1. The zero-order chi connectivity index (χ0) is 15.4. The highest BCUT2D eigenvalue weighted by Gasteiger charge is 2.08. The maximum atomic E-state index is 11.2. The summed E-state index contributed by atoms with van der Waals surface area (Å²) in [7, 11) is 1.38. The molecule has 0 bridgehead atoms. The highest BCUT2D eigenvalue weighted by molar-refractivity contribution is 5.74. The summed E-state index contributed by atoms with van der Waals surface area (Å²) in [5.74, 6) is 0.404. The van der Waals surface area contributed by atoms with Crippen LogP contribution in [0.2, 0.25) is 0 Å². The van der Waals surface area contributed by atoms with Crippen LogP contribution in [0.25, 0.3) is 11.1 Å². The maximum Gasteiger partial charge on any atom is 0.309 e. The predicted octanol–water partition coefficient (Wildman–Crippen LogP) is 3.90. The van der Waals surface area contributed by atoms with E-state index < -0.39 is 0 Å². The van der Waals surface area contributed by atoms with Crippen LogP contribution in [0.5, 0.6) is 5.75 Å². The van der Waals surface area contributed by atoms with E-state index in [0.717, 1.165) is 22.3 Å². The van der Waals surface area contributed by atoms with Gasteiger partial charge in [-0.15, -0.1) is 0 Å². The second-order valence-electron chi connectivity index (χ2n) is 5.38. The summed E-state index contributed by atoms with van der Waals surface area (Å²) >= 11 is 0. The molecule has 0 saturated carbocycles. The number of hydrogen-bond acceptors (Lipinski definition) is 3. The number of hydrogen-bond donors (Lipinski definition) is 1. The molecule has 2 rings (SSSR count). The second-order valence-corrected chi connectivity index (χ2v) is 5.38. The molecule has 21 heavy (non-hydrogen) atoms. The van der Waals surface area contributed by atoms with Gasteiger partial charge in [-0.2, -0.15) is 0 Å². The van der Waals surface area contributed by atoms with Gasteiger partial charge in [0.15, 0.2) is 0 Å². The lowest BCUT2D eigenvalue weighted by atomic mass is 9.97. The van der Waals surface area contributed by atoms with E-state index in [1.165, 1.54) is 7.11 Å². The van der Waals surface area contributed by atoms with Gasteiger partial charge in [-0.3, -0.25) is 4.79 Å². The number of rotatable bonds is 4. The number of methoxy groups -OCH3 is 1. The van der Waals surface area contributed by atoms with Gasteiger partial charge < -0.3 is 9.84 Å². The van der Waals surface area contributed by atoms with Crippen LogP contribution in [-0.2, 0) is 16.0 Å². The van der Waals surface area contributed by atoms with Crippen molar-refractivity contribution in [2.24, 2.45) is 0 Å². The van der Waals surface area contributed by atoms with Gasteiger partial charge in [0, 0.05) is 5.56 Å². The van der Waals surface area contributed by atoms with Crippen molar-refractivity contribution < 1.29 is 14.6 Å². The minimum Gasteiger partial charge on any atom is -0.507 e. The molecule has 0 unspecified atom stereocenters. The van der Waals surface area contributed by atoms with Gasteiger partial charge in [-0.05, 0) is 28.7 Å². The fraction of sp³-hybridized carbons (Fsp3) is 0.278. The summed E-state index contributed by atoms with van der Waals surface area (Å²) < 4.78 is 4.64. The lowest BCUT2D eigenvalue weighted by Gasteiger charge is -2.10. The van der Waals surface area contributed by atoms with Gasteiger partial charge in [0.2, 0.25) is 0 Å². The van der Waals surface area contributed by atoms with E-state index >= 15 is 0 Å². The van der Waals surface area contributed by atoms with E-state index in [-0.39, 0.29) is 18.1 Å². The van der Waals surface area contributed by atoms with E-state index in [1.807, 2.05) is 42.5 Å². The van der Waals surface area contributed by atoms with Crippen molar-refractivity contribution in [2.45, 2.75) is 26.2 Å². The molecule has 2 aromatic rings. The van der Waals surface area contributed by atoms with Crippen LogP contribution >= 0.6 is 0 Å². The minimum atomic E-state index is -0.258. The third kappa shape index (κ3) is 3.63. The minimum absolute atomic E-state index is 0.258. The molecule has 3 heteroatoms. The molecule has 0 aromatic heterocycles. The number of phenolic OH excluding ortho intramolecular Hbond substituents is 1. The van der Waals surface area contributed by atoms with Gasteiger partial charge >= 0.3 is 5.97 Å². The van der Waals surface area contributed by atoms with Crippen LogP contribution < -0.4 is 0 Å². The van der Waals surface area contributed by atoms with E-state index in [0.29, 0.717) is 5.92 Å². The van der Waals surface area contributed by atoms with Crippen LogP contribution in [0.15, 0.2) is 42.5 Å². The first-order chi connectivity index (χ1) is 10.0.